The Kier molecular flexibility index (Phi) is 3.84. The number of nitrogens with zero attached hydrogens (tertiary/aromatic N) is 2. The van der Waals surface area contributed by atoms with Gasteiger partial charge in [-0.2, -0.15) is 5.10 Å². The number of fused-ring (bicyclic) bond motifs is 1. The predicted molar refractivity (Wildman–Crippen MR) is 80.5 cm³/mol. The summed E-state index contributed by atoms with van der Waals surface area (Å²) in [6, 6.07) is 6.57. The number of nitrogens with one attached hydrogen (secondary N) is 1. The first-order chi connectivity index (χ1) is 10.1. The van der Waals surface area contributed by atoms with Crippen molar-refractivity contribution in [1.29, 1.82) is 0 Å². The standard InChI is InChI=1S/C16H21N3O2/c1-11-7-18-19(9-11)13(3)12(2)17-8-14-5-4-6-15-16(14)21-10-20-15/h4-7,9,12-13,17H,8,10H2,1-3H3. The van der Waals surface area contributed by atoms with Gasteiger partial charge >= 0.3 is 0 Å². The van der Waals surface area contributed by atoms with Crippen LogP contribution in [0.2, 0.25) is 0 Å². The van der Waals surface area contributed by atoms with Gasteiger partial charge in [-0.05, 0) is 32.4 Å². The minimum absolute atomic E-state index is 0.285. The van der Waals surface area contributed by atoms with Crippen molar-refractivity contribution in [2.75, 3.05) is 6.79 Å². The third-order valence-corrected chi connectivity index (χ3v) is 3.96. The monoisotopic (exact) mass is 287 g/mol. The average molecular weight is 287 g/mol. The third-order valence-electron chi connectivity index (χ3n) is 3.96. The van der Waals surface area contributed by atoms with Crippen molar-refractivity contribution in [3.05, 3.63) is 41.7 Å². The Morgan fingerprint density at radius 2 is 2.19 bits per heavy atom. The topological polar surface area (TPSA) is 48.3 Å². The maximum Gasteiger partial charge on any atom is 0.231 e. The summed E-state index contributed by atoms with van der Waals surface area (Å²) in [5.41, 5.74) is 2.31. The first kappa shape index (κ1) is 13.9. The van der Waals surface area contributed by atoms with Crippen molar-refractivity contribution in [1.82, 2.24) is 15.1 Å². The van der Waals surface area contributed by atoms with Gasteiger partial charge in [-0.3, -0.25) is 4.68 Å². The zero-order chi connectivity index (χ0) is 14.8. The Hall–Kier alpha value is -2.01. The van der Waals surface area contributed by atoms with E-state index in [0.29, 0.717) is 12.8 Å². The molecule has 0 saturated carbocycles. The van der Waals surface area contributed by atoms with Crippen LogP contribution in [-0.4, -0.2) is 22.6 Å². The van der Waals surface area contributed by atoms with Crippen molar-refractivity contribution >= 4 is 0 Å². The molecule has 0 spiro atoms. The summed E-state index contributed by atoms with van der Waals surface area (Å²) in [5, 5.41) is 7.92. The van der Waals surface area contributed by atoms with E-state index in [4.69, 9.17) is 9.47 Å². The molecule has 0 amide bonds. The molecule has 1 aromatic heterocycles. The lowest BCUT2D eigenvalue weighted by molar-refractivity contribution is 0.173. The smallest absolute Gasteiger partial charge is 0.231 e. The third kappa shape index (κ3) is 2.88. The summed E-state index contributed by atoms with van der Waals surface area (Å²) in [4.78, 5) is 0. The summed E-state index contributed by atoms with van der Waals surface area (Å²) in [6.07, 6.45) is 3.96. The first-order valence-corrected chi connectivity index (χ1v) is 7.27. The Morgan fingerprint density at radius 1 is 1.33 bits per heavy atom. The summed E-state index contributed by atoms with van der Waals surface area (Å²) < 4.78 is 12.9. The van der Waals surface area contributed by atoms with E-state index in [2.05, 4.69) is 43.4 Å². The molecule has 2 aromatic rings. The fourth-order valence-electron chi connectivity index (χ4n) is 2.46. The zero-order valence-corrected chi connectivity index (χ0v) is 12.7. The molecule has 0 aliphatic carbocycles. The van der Waals surface area contributed by atoms with Gasteiger partial charge in [0.05, 0.1) is 12.2 Å². The predicted octanol–water partition coefficient (Wildman–Crippen LogP) is 2.66. The molecule has 0 radical (unpaired) electrons. The number of hydrogen-bond donors (Lipinski definition) is 1. The highest BCUT2D eigenvalue weighted by atomic mass is 16.7. The first-order valence-electron chi connectivity index (χ1n) is 7.27. The molecule has 112 valence electrons. The second-order valence-electron chi connectivity index (χ2n) is 5.56. The van der Waals surface area contributed by atoms with Gasteiger partial charge in [0, 0.05) is 24.3 Å². The molecule has 21 heavy (non-hydrogen) atoms. The summed E-state index contributed by atoms with van der Waals surface area (Å²) >= 11 is 0. The second kappa shape index (κ2) is 5.77. The number of benzene rings is 1. The molecule has 1 N–H and O–H groups in total. The van der Waals surface area contributed by atoms with E-state index in [0.717, 1.165) is 23.6 Å². The molecule has 2 unspecified atom stereocenters. The van der Waals surface area contributed by atoms with Gasteiger partial charge in [-0.1, -0.05) is 12.1 Å². The van der Waals surface area contributed by atoms with Crippen molar-refractivity contribution in [3.8, 4) is 11.5 Å². The lowest BCUT2D eigenvalue weighted by atomic mass is 10.1. The van der Waals surface area contributed by atoms with Crippen LogP contribution >= 0.6 is 0 Å². The quantitative estimate of drug-likeness (QED) is 0.918. The largest absolute Gasteiger partial charge is 0.454 e. The zero-order valence-electron chi connectivity index (χ0n) is 12.7. The maximum absolute atomic E-state index is 5.53. The van der Waals surface area contributed by atoms with Gasteiger partial charge in [0.25, 0.3) is 0 Å². The molecule has 5 heteroatoms. The highest BCUT2D eigenvalue weighted by Gasteiger charge is 2.19. The van der Waals surface area contributed by atoms with Gasteiger partial charge in [0.1, 0.15) is 0 Å². The summed E-state index contributed by atoms with van der Waals surface area (Å²) in [7, 11) is 0. The van der Waals surface area contributed by atoms with Gasteiger partial charge in [0.2, 0.25) is 6.79 Å². The molecule has 2 heterocycles. The lowest BCUT2D eigenvalue weighted by Crippen LogP contribution is -2.33. The Balaban J connectivity index is 1.64. The minimum Gasteiger partial charge on any atom is -0.454 e. The Bertz CT molecular complexity index is 624. The fraction of sp³-hybridized carbons (Fsp3) is 0.438. The number of ether oxygens (including phenoxy) is 2. The molecule has 5 nitrogen and oxygen atoms in total. The fourth-order valence-corrected chi connectivity index (χ4v) is 2.46. The van der Waals surface area contributed by atoms with Crippen molar-refractivity contribution in [3.63, 3.8) is 0 Å². The Morgan fingerprint density at radius 3 is 2.95 bits per heavy atom. The SMILES string of the molecule is Cc1cnn(C(C)C(C)NCc2cccc3c2OCO3)c1. The van der Waals surface area contributed by atoms with Crippen molar-refractivity contribution in [2.24, 2.45) is 0 Å². The molecule has 1 aromatic carbocycles. The van der Waals surface area contributed by atoms with E-state index >= 15 is 0 Å². The van der Waals surface area contributed by atoms with Crippen LogP contribution in [-0.2, 0) is 6.54 Å². The molecule has 2 atom stereocenters. The van der Waals surface area contributed by atoms with Gasteiger partial charge in [-0.15, -0.1) is 0 Å². The van der Waals surface area contributed by atoms with E-state index in [1.807, 2.05) is 23.0 Å². The summed E-state index contributed by atoms with van der Waals surface area (Å²) in [5.74, 6) is 1.69. The second-order valence-corrected chi connectivity index (χ2v) is 5.56. The van der Waals surface area contributed by atoms with E-state index in [1.165, 1.54) is 5.56 Å². The molecule has 1 aliphatic rings. The van der Waals surface area contributed by atoms with Gasteiger partial charge < -0.3 is 14.8 Å². The molecular weight excluding hydrogens is 266 g/mol. The van der Waals surface area contributed by atoms with Crippen LogP contribution < -0.4 is 14.8 Å². The number of aromatic nitrogens is 2. The summed E-state index contributed by atoms with van der Waals surface area (Å²) in [6.45, 7) is 7.45. The number of aryl methyl sites for hydroxylation is 1. The molecule has 0 bridgehead atoms. The highest BCUT2D eigenvalue weighted by molar-refractivity contribution is 5.48. The van der Waals surface area contributed by atoms with Crippen molar-refractivity contribution < 1.29 is 9.47 Å². The lowest BCUT2D eigenvalue weighted by Gasteiger charge is -2.22. The highest BCUT2D eigenvalue weighted by Crippen LogP contribution is 2.35. The Labute approximate surface area is 124 Å². The minimum atomic E-state index is 0.285. The molecule has 0 saturated heterocycles. The normalized spacial score (nSPS) is 16.0. The van der Waals surface area contributed by atoms with Crippen LogP contribution in [0, 0.1) is 6.92 Å². The van der Waals surface area contributed by atoms with Crippen LogP contribution in [0.1, 0.15) is 31.0 Å². The van der Waals surface area contributed by atoms with Crippen LogP contribution in [0.25, 0.3) is 0 Å². The van der Waals surface area contributed by atoms with E-state index < -0.39 is 0 Å². The number of hydrogen-bond acceptors (Lipinski definition) is 4. The number of rotatable bonds is 5. The van der Waals surface area contributed by atoms with Gasteiger partial charge in [0.15, 0.2) is 11.5 Å². The number of para-hydroxylation sites is 1. The molecule has 3 rings (SSSR count). The van der Waals surface area contributed by atoms with E-state index in [9.17, 15) is 0 Å². The van der Waals surface area contributed by atoms with Crippen LogP contribution in [0.4, 0.5) is 0 Å². The van der Waals surface area contributed by atoms with Crippen LogP contribution in [0.15, 0.2) is 30.6 Å². The van der Waals surface area contributed by atoms with Crippen LogP contribution in [0.3, 0.4) is 0 Å². The van der Waals surface area contributed by atoms with E-state index in [-0.39, 0.29) is 6.04 Å². The molecule has 0 fully saturated rings. The van der Waals surface area contributed by atoms with Crippen molar-refractivity contribution in [2.45, 2.75) is 39.4 Å². The van der Waals surface area contributed by atoms with E-state index in [1.54, 1.807) is 0 Å². The van der Waals surface area contributed by atoms with Gasteiger partial charge in [-0.25, -0.2) is 0 Å². The maximum atomic E-state index is 5.53. The molecular formula is C16H21N3O2. The average Bonchev–Trinajstić information content (AvgIpc) is 3.12. The van der Waals surface area contributed by atoms with Crippen LogP contribution in [0.5, 0.6) is 11.5 Å². The molecule has 1 aliphatic heterocycles.